The zero-order chi connectivity index (χ0) is 14.4. The van der Waals surface area contributed by atoms with Crippen molar-refractivity contribution in [1.82, 2.24) is 0 Å². The van der Waals surface area contributed by atoms with Gasteiger partial charge in [0.15, 0.2) is 0 Å². The SMILES string of the molecule is CSc1cccc(N(CCC(=O)O)C(C)C)c1C#N. The number of carboxylic acids is 1. The molecule has 5 heteroatoms. The summed E-state index contributed by atoms with van der Waals surface area (Å²) in [6.07, 6.45) is 1.99. The minimum absolute atomic E-state index is 0.0620. The lowest BCUT2D eigenvalue weighted by atomic mass is 10.1. The van der Waals surface area contributed by atoms with Crippen LogP contribution in [-0.4, -0.2) is 29.9 Å². The van der Waals surface area contributed by atoms with E-state index in [1.807, 2.05) is 43.2 Å². The molecule has 0 aliphatic carbocycles. The normalized spacial score (nSPS) is 10.3. The molecule has 1 aromatic carbocycles. The molecule has 1 rings (SSSR count). The van der Waals surface area contributed by atoms with E-state index in [2.05, 4.69) is 6.07 Å². The molecule has 19 heavy (non-hydrogen) atoms. The van der Waals surface area contributed by atoms with E-state index in [-0.39, 0.29) is 12.5 Å². The van der Waals surface area contributed by atoms with E-state index in [4.69, 9.17) is 5.11 Å². The van der Waals surface area contributed by atoms with Gasteiger partial charge in [-0.2, -0.15) is 5.26 Å². The lowest BCUT2D eigenvalue weighted by Gasteiger charge is -2.29. The third-order valence-corrected chi connectivity index (χ3v) is 3.62. The summed E-state index contributed by atoms with van der Waals surface area (Å²) < 4.78 is 0. The van der Waals surface area contributed by atoms with Gasteiger partial charge in [0.25, 0.3) is 0 Å². The van der Waals surface area contributed by atoms with E-state index in [1.54, 1.807) is 0 Å². The summed E-state index contributed by atoms with van der Waals surface area (Å²) in [4.78, 5) is 13.6. The minimum Gasteiger partial charge on any atom is -0.481 e. The molecular formula is C14H18N2O2S. The Morgan fingerprint density at radius 1 is 1.53 bits per heavy atom. The van der Waals surface area contributed by atoms with Crippen LogP contribution in [0.3, 0.4) is 0 Å². The van der Waals surface area contributed by atoms with Crippen LogP contribution in [-0.2, 0) is 4.79 Å². The van der Waals surface area contributed by atoms with Gasteiger partial charge in [-0.25, -0.2) is 0 Å². The maximum atomic E-state index is 10.7. The van der Waals surface area contributed by atoms with Gasteiger partial charge in [0.2, 0.25) is 0 Å². The first-order valence-electron chi connectivity index (χ1n) is 6.06. The van der Waals surface area contributed by atoms with E-state index in [9.17, 15) is 10.1 Å². The zero-order valence-electron chi connectivity index (χ0n) is 11.4. The second-order valence-electron chi connectivity index (χ2n) is 4.40. The highest BCUT2D eigenvalue weighted by Crippen LogP contribution is 2.30. The molecule has 0 saturated carbocycles. The second kappa shape index (κ2) is 7.05. The number of aliphatic carboxylic acids is 1. The van der Waals surface area contributed by atoms with E-state index in [1.165, 1.54) is 11.8 Å². The van der Waals surface area contributed by atoms with Crippen LogP contribution in [0.1, 0.15) is 25.8 Å². The molecule has 0 spiro atoms. The number of benzene rings is 1. The summed E-state index contributed by atoms with van der Waals surface area (Å²) in [7, 11) is 0. The fraction of sp³-hybridized carbons (Fsp3) is 0.429. The number of hydrogen-bond donors (Lipinski definition) is 1. The Morgan fingerprint density at radius 2 is 2.21 bits per heavy atom. The van der Waals surface area contributed by atoms with Gasteiger partial charge in [0.05, 0.1) is 17.7 Å². The number of nitriles is 1. The van der Waals surface area contributed by atoms with E-state index < -0.39 is 5.97 Å². The molecule has 1 N–H and O–H groups in total. The van der Waals surface area contributed by atoms with Gasteiger partial charge in [-0.3, -0.25) is 4.79 Å². The quantitative estimate of drug-likeness (QED) is 0.810. The van der Waals surface area contributed by atoms with Crippen molar-refractivity contribution in [1.29, 1.82) is 5.26 Å². The topological polar surface area (TPSA) is 64.3 Å². The highest BCUT2D eigenvalue weighted by Gasteiger charge is 2.17. The number of carbonyl (C=O) groups is 1. The Kier molecular flexibility index (Phi) is 5.71. The van der Waals surface area contributed by atoms with E-state index >= 15 is 0 Å². The van der Waals surface area contributed by atoms with Gasteiger partial charge in [0, 0.05) is 17.5 Å². The third kappa shape index (κ3) is 3.90. The molecule has 4 nitrogen and oxygen atoms in total. The largest absolute Gasteiger partial charge is 0.481 e. The fourth-order valence-electron chi connectivity index (χ4n) is 1.91. The van der Waals surface area contributed by atoms with Crippen LogP contribution >= 0.6 is 11.8 Å². The predicted octanol–water partition coefficient (Wildman–Crippen LogP) is 2.97. The van der Waals surface area contributed by atoms with Crippen molar-refractivity contribution in [3.8, 4) is 6.07 Å². The molecule has 0 amide bonds. The molecule has 0 heterocycles. The first-order chi connectivity index (χ1) is 9.01. The van der Waals surface area contributed by atoms with Crippen molar-refractivity contribution in [2.24, 2.45) is 0 Å². The van der Waals surface area contributed by atoms with Crippen LogP contribution in [0.15, 0.2) is 23.1 Å². The van der Waals surface area contributed by atoms with Crippen LogP contribution < -0.4 is 4.90 Å². The maximum Gasteiger partial charge on any atom is 0.305 e. The number of anilines is 1. The van der Waals surface area contributed by atoms with Gasteiger partial charge >= 0.3 is 5.97 Å². The van der Waals surface area contributed by atoms with Gasteiger partial charge in [0.1, 0.15) is 6.07 Å². The van der Waals surface area contributed by atoms with Crippen molar-refractivity contribution >= 4 is 23.4 Å². The molecule has 0 unspecified atom stereocenters. The average molecular weight is 278 g/mol. The Morgan fingerprint density at radius 3 is 2.68 bits per heavy atom. The van der Waals surface area contributed by atoms with Gasteiger partial charge in [-0.05, 0) is 32.2 Å². The molecule has 102 valence electrons. The lowest BCUT2D eigenvalue weighted by molar-refractivity contribution is -0.136. The molecule has 0 radical (unpaired) electrons. The molecule has 0 atom stereocenters. The van der Waals surface area contributed by atoms with Crippen molar-refractivity contribution in [3.63, 3.8) is 0 Å². The van der Waals surface area contributed by atoms with Crippen LogP contribution in [0, 0.1) is 11.3 Å². The highest BCUT2D eigenvalue weighted by molar-refractivity contribution is 7.98. The van der Waals surface area contributed by atoms with Crippen LogP contribution in [0.5, 0.6) is 0 Å². The van der Waals surface area contributed by atoms with Crippen molar-refractivity contribution < 1.29 is 9.90 Å². The van der Waals surface area contributed by atoms with E-state index in [0.29, 0.717) is 12.1 Å². The molecular weight excluding hydrogens is 260 g/mol. The monoisotopic (exact) mass is 278 g/mol. The predicted molar refractivity (Wildman–Crippen MR) is 77.7 cm³/mol. The molecule has 0 fully saturated rings. The summed E-state index contributed by atoms with van der Waals surface area (Å²) in [5, 5.41) is 18.2. The van der Waals surface area contributed by atoms with E-state index in [0.717, 1.165) is 10.6 Å². The molecule has 0 bridgehead atoms. The lowest BCUT2D eigenvalue weighted by Crippen LogP contribution is -2.33. The molecule has 0 aliphatic rings. The van der Waals surface area contributed by atoms with Gasteiger partial charge in [-0.15, -0.1) is 11.8 Å². The maximum absolute atomic E-state index is 10.7. The number of carboxylic acid groups (broad SMARTS) is 1. The standard InChI is InChI=1S/C14H18N2O2S/c1-10(2)16(8-7-14(17)18)12-5-4-6-13(19-3)11(12)9-15/h4-6,10H,7-8H2,1-3H3,(H,17,18). The van der Waals surface area contributed by atoms with Crippen LogP contribution in [0.4, 0.5) is 5.69 Å². The molecule has 1 aromatic rings. The van der Waals surface area contributed by atoms with Crippen molar-refractivity contribution in [3.05, 3.63) is 23.8 Å². The van der Waals surface area contributed by atoms with Crippen molar-refractivity contribution in [2.45, 2.75) is 31.2 Å². The zero-order valence-corrected chi connectivity index (χ0v) is 12.2. The summed E-state index contributed by atoms with van der Waals surface area (Å²) in [5.74, 6) is -0.829. The number of thioether (sulfide) groups is 1. The third-order valence-electron chi connectivity index (χ3n) is 2.84. The van der Waals surface area contributed by atoms with Gasteiger partial charge < -0.3 is 10.0 Å². The van der Waals surface area contributed by atoms with Crippen LogP contribution in [0.25, 0.3) is 0 Å². The first kappa shape index (κ1) is 15.4. The summed E-state index contributed by atoms with van der Waals surface area (Å²) in [6.45, 7) is 4.39. The molecule has 0 aromatic heterocycles. The average Bonchev–Trinajstić information content (AvgIpc) is 2.37. The van der Waals surface area contributed by atoms with Crippen molar-refractivity contribution in [2.75, 3.05) is 17.7 Å². The minimum atomic E-state index is -0.829. The number of hydrogen-bond acceptors (Lipinski definition) is 4. The van der Waals surface area contributed by atoms with Crippen LogP contribution in [0.2, 0.25) is 0 Å². The molecule has 0 aliphatic heterocycles. The summed E-state index contributed by atoms with van der Waals surface area (Å²) >= 11 is 1.52. The number of nitrogens with zero attached hydrogens (tertiary/aromatic N) is 2. The highest BCUT2D eigenvalue weighted by atomic mass is 32.2. The second-order valence-corrected chi connectivity index (χ2v) is 5.25. The fourth-order valence-corrected chi connectivity index (χ4v) is 2.48. The first-order valence-corrected chi connectivity index (χ1v) is 7.29. The number of rotatable bonds is 6. The Bertz CT molecular complexity index is 495. The Labute approximate surface area is 118 Å². The Hall–Kier alpha value is -1.67. The summed E-state index contributed by atoms with van der Waals surface area (Å²) in [5.41, 5.74) is 1.43. The smallest absolute Gasteiger partial charge is 0.305 e. The molecule has 0 saturated heterocycles. The van der Waals surface area contributed by atoms with Gasteiger partial charge in [-0.1, -0.05) is 6.07 Å². The Balaban J connectivity index is 3.16. The summed E-state index contributed by atoms with van der Waals surface area (Å²) in [6, 6.07) is 8.05.